The number of carbonyl (C=O) groups is 1. The molecule has 0 radical (unpaired) electrons. The molecule has 0 unspecified atom stereocenters. The Balaban J connectivity index is 1.81. The minimum absolute atomic E-state index is 0.00889. The molecule has 4 aromatic rings. The van der Waals surface area contributed by atoms with Crippen LogP contribution in [-0.2, 0) is 4.79 Å². The number of halogens is 2. The third-order valence-corrected chi connectivity index (χ3v) is 8.70. The van der Waals surface area contributed by atoms with E-state index in [1.165, 1.54) is 10.6 Å². The van der Waals surface area contributed by atoms with Gasteiger partial charge in [-0.1, -0.05) is 43.7 Å². The predicted molar refractivity (Wildman–Crippen MR) is 196 cm³/mol. The molecule has 46 heavy (non-hydrogen) atoms. The number of piperazine rings is 1. The highest BCUT2D eigenvalue weighted by molar-refractivity contribution is 6.50. The molecule has 0 spiro atoms. The van der Waals surface area contributed by atoms with Gasteiger partial charge < -0.3 is 9.80 Å². The monoisotopic (exact) mass is 634 g/mol. The van der Waals surface area contributed by atoms with Crippen LogP contribution in [0.5, 0.6) is 0 Å². The van der Waals surface area contributed by atoms with Gasteiger partial charge in [-0.2, -0.15) is 4.98 Å². The highest BCUT2D eigenvalue weighted by Gasteiger charge is 2.31. The Kier molecular flexibility index (Phi) is 9.63. The Morgan fingerprint density at radius 1 is 1.15 bits per heavy atom. The second-order valence-electron chi connectivity index (χ2n) is 12.5. The predicted octanol–water partition coefficient (Wildman–Crippen LogP) is 1.78. The number of carbonyl (C=O) groups excluding carboxylic acids is 1. The summed E-state index contributed by atoms with van der Waals surface area (Å²) in [5, 5.41) is 1.75. The fourth-order valence-electron chi connectivity index (χ4n) is 6.04. The Morgan fingerprint density at radius 3 is 2.54 bits per heavy atom. The molecule has 1 saturated heterocycles. The maximum atomic E-state index is 15.6. The summed E-state index contributed by atoms with van der Waals surface area (Å²) in [6.45, 7) is 9.31. The number of amides is 1. The summed E-state index contributed by atoms with van der Waals surface area (Å²) < 4.78 is 17.1. The van der Waals surface area contributed by atoms with Gasteiger partial charge in [0.15, 0.2) is 5.65 Å². The van der Waals surface area contributed by atoms with Gasteiger partial charge in [0, 0.05) is 37.4 Å². The van der Waals surface area contributed by atoms with Crippen LogP contribution in [0.4, 0.5) is 10.2 Å². The van der Waals surface area contributed by atoms with Crippen LogP contribution in [0, 0.1) is 12.7 Å². The SMILES string of the molecule is B/C=C(\B)C(=O)N1CCN(c2nc(=O)n(-c3c(C)ccnc3C(C)C)c3nc(-c4c(F)cccc4C=C(B)B)c(Cl)cc23)[C@@H](C)C1. The standard InChI is InChI=1S/C32H36B4ClFN6O2/c1-16(2)26-28(17(3)8-9-39-26)44-30-20(13-22(37)27(40-30)25-19(12-24(35)36)6-5-7-23(25)38)29(41-32(44)46)43-11-10-42(15-18(43)4)31(45)21(34)14-33/h5-9,12-14,16,18H,10-11,15,33-36H2,1-4H3/b21-14-/t18-/m0/s1. The smallest absolute Gasteiger partial charge is 0.350 e. The molecule has 5 rings (SSSR count). The van der Waals surface area contributed by atoms with E-state index in [1.54, 1.807) is 18.3 Å². The topological polar surface area (TPSA) is 84.2 Å². The third-order valence-electron chi connectivity index (χ3n) is 8.41. The Bertz CT molecular complexity index is 1980. The van der Waals surface area contributed by atoms with Crippen molar-refractivity contribution in [3.05, 3.63) is 91.5 Å². The Morgan fingerprint density at radius 2 is 1.89 bits per heavy atom. The highest BCUT2D eigenvalue weighted by Crippen LogP contribution is 2.38. The first-order valence-corrected chi connectivity index (χ1v) is 15.9. The van der Waals surface area contributed by atoms with Gasteiger partial charge in [0.2, 0.25) is 5.91 Å². The fraction of sp³-hybridized carbons (Fsp3) is 0.281. The van der Waals surface area contributed by atoms with E-state index in [4.69, 9.17) is 16.6 Å². The van der Waals surface area contributed by atoms with Crippen LogP contribution in [0.1, 0.15) is 43.5 Å². The van der Waals surface area contributed by atoms with E-state index in [0.29, 0.717) is 58.9 Å². The van der Waals surface area contributed by atoms with E-state index in [0.717, 1.165) is 10.9 Å². The van der Waals surface area contributed by atoms with E-state index in [2.05, 4.69) is 9.97 Å². The third kappa shape index (κ3) is 6.17. The van der Waals surface area contributed by atoms with Crippen LogP contribution in [-0.4, -0.2) is 87.4 Å². The Hall–Kier alpha value is -4.11. The lowest BCUT2D eigenvalue weighted by atomic mass is 9.77. The zero-order valence-electron chi connectivity index (χ0n) is 27.7. The molecule has 1 aliphatic heterocycles. The van der Waals surface area contributed by atoms with Crippen molar-refractivity contribution in [3.8, 4) is 16.9 Å². The van der Waals surface area contributed by atoms with E-state index in [-0.39, 0.29) is 34.1 Å². The molecule has 0 N–H and O–H groups in total. The van der Waals surface area contributed by atoms with Crippen molar-refractivity contribution in [2.75, 3.05) is 24.5 Å². The summed E-state index contributed by atoms with van der Waals surface area (Å²) in [6, 6.07) is 8.26. The van der Waals surface area contributed by atoms with E-state index < -0.39 is 11.5 Å². The van der Waals surface area contributed by atoms with Crippen LogP contribution < -0.4 is 10.6 Å². The maximum absolute atomic E-state index is 15.6. The molecule has 1 fully saturated rings. The van der Waals surface area contributed by atoms with Crippen molar-refractivity contribution < 1.29 is 9.18 Å². The molecule has 0 aliphatic carbocycles. The van der Waals surface area contributed by atoms with Crippen molar-refractivity contribution in [2.45, 2.75) is 39.7 Å². The molecule has 14 heteroatoms. The number of nitrogens with zero attached hydrogens (tertiary/aromatic N) is 6. The average Bonchev–Trinajstić information content (AvgIpc) is 3.00. The van der Waals surface area contributed by atoms with Gasteiger partial charge in [0.25, 0.3) is 0 Å². The van der Waals surface area contributed by atoms with Gasteiger partial charge in [-0.25, -0.2) is 18.7 Å². The first-order chi connectivity index (χ1) is 21.8. The normalized spacial score (nSPS) is 15.5. The maximum Gasteiger partial charge on any atom is 0.355 e. The van der Waals surface area contributed by atoms with Gasteiger partial charge in [0.05, 0.1) is 27.5 Å². The number of rotatable bonds is 6. The summed E-state index contributed by atoms with van der Waals surface area (Å²) in [6.07, 6.45) is 3.60. The first kappa shape index (κ1) is 33.3. The van der Waals surface area contributed by atoms with Crippen LogP contribution >= 0.6 is 11.6 Å². The summed E-state index contributed by atoms with van der Waals surface area (Å²) in [5.41, 5.74) is 3.69. The molecular formula is C32H36B4ClFN6O2. The summed E-state index contributed by atoms with van der Waals surface area (Å²) in [7, 11) is 7.53. The lowest BCUT2D eigenvalue weighted by Gasteiger charge is -2.41. The van der Waals surface area contributed by atoms with Gasteiger partial charge in [-0.15, -0.1) is 11.3 Å². The Labute approximate surface area is 277 Å². The minimum Gasteiger partial charge on any atom is -0.350 e. The zero-order valence-corrected chi connectivity index (χ0v) is 28.4. The molecule has 4 heterocycles. The van der Waals surface area contributed by atoms with Gasteiger partial charge in [0.1, 0.15) is 43.0 Å². The highest BCUT2D eigenvalue weighted by atomic mass is 35.5. The number of benzene rings is 1. The number of fused-ring (bicyclic) bond motifs is 1. The summed E-state index contributed by atoms with van der Waals surface area (Å²) >= 11 is 6.98. The van der Waals surface area contributed by atoms with E-state index >= 15 is 4.39 Å². The average molecular weight is 634 g/mol. The fourth-order valence-corrected chi connectivity index (χ4v) is 6.28. The summed E-state index contributed by atoms with van der Waals surface area (Å²) in [5.74, 6) is 1.74. The van der Waals surface area contributed by atoms with Crippen molar-refractivity contribution in [2.24, 2.45) is 0 Å². The minimum atomic E-state index is -0.533. The molecule has 8 nitrogen and oxygen atoms in total. The number of pyridine rings is 2. The van der Waals surface area contributed by atoms with Crippen molar-refractivity contribution in [3.63, 3.8) is 0 Å². The van der Waals surface area contributed by atoms with Gasteiger partial charge in [-0.05, 0) is 54.6 Å². The van der Waals surface area contributed by atoms with Crippen LogP contribution in [0.15, 0.2) is 58.1 Å². The number of hydrogen-bond donors (Lipinski definition) is 0. The first-order valence-electron chi connectivity index (χ1n) is 15.6. The molecule has 1 aromatic carbocycles. The quantitative estimate of drug-likeness (QED) is 0.238. The van der Waals surface area contributed by atoms with E-state index in [9.17, 15) is 9.59 Å². The van der Waals surface area contributed by atoms with Crippen LogP contribution in [0.2, 0.25) is 5.02 Å². The lowest BCUT2D eigenvalue weighted by molar-refractivity contribution is -0.127. The molecule has 1 amide bonds. The second kappa shape index (κ2) is 13.3. The van der Waals surface area contributed by atoms with Crippen molar-refractivity contribution >= 4 is 71.8 Å². The number of anilines is 1. The van der Waals surface area contributed by atoms with E-state index in [1.807, 2.05) is 93.1 Å². The number of aryl methyl sites for hydroxylation is 1. The van der Waals surface area contributed by atoms with Crippen LogP contribution in [0.25, 0.3) is 34.1 Å². The lowest BCUT2D eigenvalue weighted by Crippen LogP contribution is -2.54. The summed E-state index contributed by atoms with van der Waals surface area (Å²) in [4.78, 5) is 45.3. The molecule has 0 bridgehead atoms. The largest absolute Gasteiger partial charge is 0.355 e. The second-order valence-corrected chi connectivity index (χ2v) is 12.9. The zero-order chi connectivity index (χ0) is 33.4. The molecule has 3 aromatic heterocycles. The van der Waals surface area contributed by atoms with Gasteiger partial charge in [-0.3, -0.25) is 9.78 Å². The van der Waals surface area contributed by atoms with Crippen LogP contribution in [0.3, 0.4) is 0 Å². The molecule has 0 saturated carbocycles. The molecular weight excluding hydrogens is 598 g/mol. The molecule has 1 aliphatic rings. The van der Waals surface area contributed by atoms with Crippen molar-refractivity contribution in [1.82, 2.24) is 24.4 Å². The molecule has 232 valence electrons. The van der Waals surface area contributed by atoms with Gasteiger partial charge >= 0.3 is 5.69 Å². The van der Waals surface area contributed by atoms with Crippen molar-refractivity contribution in [1.29, 1.82) is 0 Å². The number of hydrogen-bond acceptors (Lipinski definition) is 6. The molecule has 1 atom stereocenters. The number of aromatic nitrogens is 4.